The van der Waals surface area contributed by atoms with Crippen molar-refractivity contribution in [1.29, 1.82) is 0 Å². The smallest absolute Gasteiger partial charge is 0.127 e. The predicted molar refractivity (Wildman–Crippen MR) is 95.8 cm³/mol. The summed E-state index contributed by atoms with van der Waals surface area (Å²) in [7, 11) is 0. The van der Waals surface area contributed by atoms with E-state index in [-0.39, 0.29) is 0 Å². The number of quaternary nitrogens is 2. The lowest BCUT2D eigenvalue weighted by atomic mass is 10.1. The maximum Gasteiger partial charge on any atom is 0.127 e. The molecule has 0 saturated carbocycles. The number of nitrogens with one attached hydrogen (secondary N) is 2. The Morgan fingerprint density at radius 1 is 0.739 bits per heavy atom. The Morgan fingerprint density at radius 3 is 1.91 bits per heavy atom. The molecule has 0 unspecified atom stereocenters. The van der Waals surface area contributed by atoms with Crippen molar-refractivity contribution in [3.63, 3.8) is 0 Å². The van der Waals surface area contributed by atoms with E-state index < -0.39 is 0 Å². The van der Waals surface area contributed by atoms with E-state index in [2.05, 4.69) is 62.4 Å². The van der Waals surface area contributed by atoms with Crippen molar-refractivity contribution in [2.45, 2.75) is 33.4 Å². The molecule has 0 bridgehead atoms. The molecule has 2 aromatic carbocycles. The molecule has 0 amide bonds. The van der Waals surface area contributed by atoms with Crippen molar-refractivity contribution >= 4 is 0 Å². The number of hydrogen-bond donors (Lipinski definition) is 2. The van der Waals surface area contributed by atoms with Gasteiger partial charge in [0.05, 0.1) is 0 Å². The SMILES string of the molecule is CCc1ccc(C[NH+]2CC[NH+](Cc3ccccc3C)CC2)cc1. The second-order valence-electron chi connectivity index (χ2n) is 6.95. The highest BCUT2D eigenvalue weighted by atomic mass is 15.3. The van der Waals surface area contributed by atoms with Crippen molar-refractivity contribution in [3.05, 3.63) is 70.8 Å². The van der Waals surface area contributed by atoms with Crippen LogP contribution in [-0.4, -0.2) is 26.2 Å². The first-order valence-corrected chi connectivity index (χ1v) is 9.04. The van der Waals surface area contributed by atoms with Gasteiger partial charge in [-0.05, 0) is 24.5 Å². The molecular weight excluding hydrogens is 280 g/mol. The van der Waals surface area contributed by atoms with Crippen LogP contribution in [0.4, 0.5) is 0 Å². The Labute approximate surface area is 140 Å². The molecule has 1 heterocycles. The van der Waals surface area contributed by atoms with Crippen molar-refractivity contribution in [2.75, 3.05) is 26.2 Å². The van der Waals surface area contributed by atoms with Crippen LogP contribution in [0.25, 0.3) is 0 Å². The molecule has 1 saturated heterocycles. The molecule has 0 aromatic heterocycles. The van der Waals surface area contributed by atoms with Crippen LogP contribution in [0, 0.1) is 6.92 Å². The Kier molecular flexibility index (Phi) is 5.47. The van der Waals surface area contributed by atoms with E-state index in [0.717, 1.165) is 6.42 Å². The van der Waals surface area contributed by atoms with Crippen molar-refractivity contribution in [2.24, 2.45) is 0 Å². The zero-order valence-electron chi connectivity index (χ0n) is 14.6. The van der Waals surface area contributed by atoms with Crippen LogP contribution in [0.3, 0.4) is 0 Å². The van der Waals surface area contributed by atoms with Gasteiger partial charge >= 0.3 is 0 Å². The van der Waals surface area contributed by atoms with Crippen LogP contribution in [0.5, 0.6) is 0 Å². The molecule has 2 N–H and O–H groups in total. The third-order valence-corrected chi connectivity index (χ3v) is 5.25. The fraction of sp³-hybridized carbons (Fsp3) is 0.429. The molecule has 0 aliphatic carbocycles. The predicted octanol–water partition coefficient (Wildman–Crippen LogP) is 1.04. The van der Waals surface area contributed by atoms with Gasteiger partial charge in [-0.3, -0.25) is 0 Å². The van der Waals surface area contributed by atoms with Gasteiger partial charge in [0.25, 0.3) is 0 Å². The molecular formula is C21H30N2+2. The molecule has 0 atom stereocenters. The van der Waals surface area contributed by atoms with Crippen LogP contribution in [0.1, 0.15) is 29.2 Å². The standard InChI is InChI=1S/C21H28N2/c1-3-19-8-10-20(11-9-19)16-22-12-14-23(15-13-22)17-21-7-5-4-6-18(21)2/h4-11H,3,12-17H2,1-2H3/p+2. The minimum Gasteiger partial charge on any atom is -0.322 e. The second kappa shape index (κ2) is 7.76. The van der Waals surface area contributed by atoms with E-state index in [0.29, 0.717) is 0 Å². The van der Waals surface area contributed by atoms with Crippen LogP contribution in [-0.2, 0) is 19.5 Å². The highest BCUT2D eigenvalue weighted by Crippen LogP contribution is 2.05. The zero-order valence-corrected chi connectivity index (χ0v) is 14.6. The molecule has 3 rings (SSSR count). The molecule has 23 heavy (non-hydrogen) atoms. The highest BCUT2D eigenvalue weighted by Gasteiger charge is 2.23. The van der Waals surface area contributed by atoms with E-state index in [4.69, 9.17) is 0 Å². The van der Waals surface area contributed by atoms with Crippen LogP contribution >= 0.6 is 0 Å². The lowest BCUT2D eigenvalue weighted by molar-refractivity contribution is -1.02. The molecule has 0 radical (unpaired) electrons. The van der Waals surface area contributed by atoms with E-state index >= 15 is 0 Å². The third-order valence-electron chi connectivity index (χ3n) is 5.25. The first kappa shape index (κ1) is 16.2. The minimum absolute atomic E-state index is 1.13. The summed E-state index contributed by atoms with van der Waals surface area (Å²) in [5.41, 5.74) is 5.88. The number of piperazine rings is 1. The monoisotopic (exact) mass is 310 g/mol. The van der Waals surface area contributed by atoms with Crippen molar-refractivity contribution in [3.8, 4) is 0 Å². The van der Waals surface area contributed by atoms with E-state index in [1.165, 1.54) is 61.5 Å². The fourth-order valence-electron chi connectivity index (χ4n) is 3.57. The third kappa shape index (κ3) is 4.43. The molecule has 1 aliphatic rings. The normalized spacial score (nSPS) is 21.3. The van der Waals surface area contributed by atoms with Crippen LogP contribution in [0.15, 0.2) is 48.5 Å². The van der Waals surface area contributed by atoms with Gasteiger partial charge in [-0.15, -0.1) is 0 Å². The molecule has 2 nitrogen and oxygen atoms in total. The summed E-state index contributed by atoms with van der Waals surface area (Å²) in [4.78, 5) is 3.48. The molecule has 0 spiro atoms. The topological polar surface area (TPSA) is 8.88 Å². The van der Waals surface area contributed by atoms with Gasteiger partial charge in [0.1, 0.15) is 39.3 Å². The molecule has 2 heteroatoms. The highest BCUT2D eigenvalue weighted by molar-refractivity contribution is 5.24. The summed E-state index contributed by atoms with van der Waals surface area (Å²) >= 11 is 0. The van der Waals surface area contributed by atoms with Crippen molar-refractivity contribution in [1.82, 2.24) is 0 Å². The fourth-order valence-corrected chi connectivity index (χ4v) is 3.57. The Morgan fingerprint density at radius 2 is 1.30 bits per heavy atom. The number of hydrogen-bond acceptors (Lipinski definition) is 0. The van der Waals surface area contributed by atoms with Gasteiger partial charge in [-0.2, -0.15) is 0 Å². The van der Waals surface area contributed by atoms with Gasteiger partial charge in [-0.1, -0.05) is 55.5 Å². The lowest BCUT2D eigenvalue weighted by Gasteiger charge is -2.30. The van der Waals surface area contributed by atoms with Gasteiger partial charge < -0.3 is 9.80 Å². The van der Waals surface area contributed by atoms with Crippen LogP contribution < -0.4 is 9.80 Å². The summed E-state index contributed by atoms with van der Waals surface area (Å²) in [6.45, 7) is 12.0. The molecule has 2 aromatic rings. The average molecular weight is 310 g/mol. The van der Waals surface area contributed by atoms with Crippen LogP contribution in [0.2, 0.25) is 0 Å². The average Bonchev–Trinajstić information content (AvgIpc) is 2.59. The van der Waals surface area contributed by atoms with Gasteiger partial charge in [-0.25, -0.2) is 0 Å². The van der Waals surface area contributed by atoms with E-state index in [1.54, 1.807) is 9.80 Å². The summed E-state index contributed by atoms with van der Waals surface area (Å²) in [5.74, 6) is 0. The van der Waals surface area contributed by atoms with E-state index in [9.17, 15) is 0 Å². The van der Waals surface area contributed by atoms with Gasteiger partial charge in [0, 0.05) is 11.1 Å². The first-order valence-electron chi connectivity index (χ1n) is 9.04. The Balaban J connectivity index is 1.49. The maximum absolute atomic E-state index is 2.32. The zero-order chi connectivity index (χ0) is 16.1. The number of rotatable bonds is 5. The number of benzene rings is 2. The summed E-state index contributed by atoms with van der Waals surface area (Å²) in [6.07, 6.45) is 1.13. The summed E-state index contributed by atoms with van der Waals surface area (Å²) < 4.78 is 0. The maximum atomic E-state index is 2.32. The van der Waals surface area contributed by atoms with Gasteiger partial charge in [0.2, 0.25) is 0 Å². The van der Waals surface area contributed by atoms with Gasteiger partial charge in [0.15, 0.2) is 0 Å². The summed E-state index contributed by atoms with van der Waals surface area (Å²) in [6, 6.07) is 18.0. The quantitative estimate of drug-likeness (QED) is 0.817. The minimum atomic E-state index is 1.13. The Hall–Kier alpha value is -1.64. The largest absolute Gasteiger partial charge is 0.322 e. The molecule has 122 valence electrons. The number of aryl methyl sites for hydroxylation is 2. The summed E-state index contributed by atoms with van der Waals surface area (Å²) in [5, 5.41) is 0. The van der Waals surface area contributed by atoms with E-state index in [1.807, 2.05) is 0 Å². The molecule has 1 aliphatic heterocycles. The lowest BCUT2D eigenvalue weighted by Crippen LogP contribution is -3.27. The first-order chi connectivity index (χ1) is 11.2. The second-order valence-corrected chi connectivity index (χ2v) is 6.95. The Bertz CT molecular complexity index is 610. The van der Waals surface area contributed by atoms with Crippen molar-refractivity contribution < 1.29 is 9.80 Å². The molecule has 1 fully saturated rings.